The number of rotatable bonds is 7. The van der Waals surface area contributed by atoms with Gasteiger partial charge >= 0.3 is 5.97 Å². The maximum Gasteiger partial charge on any atom is 0.317 e. The summed E-state index contributed by atoms with van der Waals surface area (Å²) in [7, 11) is 0. The van der Waals surface area contributed by atoms with Crippen LogP contribution in [-0.2, 0) is 4.79 Å². The molecule has 0 radical (unpaired) electrons. The standard InChI is InChI=1S/C17H23N3O3/c1-11-3-2-4-15(18-11)17(23)19-13-7-14(8-13)20(10-16(21)22)9-12-5-6-12/h2-4,12-14H,5-10H2,1H3,(H,19,23)(H,21,22). The van der Waals surface area contributed by atoms with E-state index in [1.165, 1.54) is 12.8 Å². The summed E-state index contributed by atoms with van der Waals surface area (Å²) >= 11 is 0. The molecule has 1 aromatic heterocycles. The average molecular weight is 317 g/mol. The summed E-state index contributed by atoms with van der Waals surface area (Å²) in [6, 6.07) is 5.78. The van der Waals surface area contributed by atoms with Crippen LogP contribution in [0.1, 0.15) is 41.9 Å². The fourth-order valence-corrected chi connectivity index (χ4v) is 3.08. The second-order valence-electron chi connectivity index (χ2n) is 6.73. The summed E-state index contributed by atoms with van der Waals surface area (Å²) in [6.45, 7) is 2.83. The van der Waals surface area contributed by atoms with Crippen molar-refractivity contribution < 1.29 is 14.7 Å². The van der Waals surface area contributed by atoms with Gasteiger partial charge < -0.3 is 10.4 Å². The lowest BCUT2D eigenvalue weighted by atomic mass is 9.85. The lowest BCUT2D eigenvalue weighted by Gasteiger charge is -2.42. The molecule has 6 heteroatoms. The van der Waals surface area contributed by atoms with Gasteiger partial charge in [0.05, 0.1) is 6.54 Å². The first-order chi connectivity index (χ1) is 11.0. The fraction of sp³-hybridized carbons (Fsp3) is 0.588. The van der Waals surface area contributed by atoms with E-state index in [1.807, 2.05) is 19.1 Å². The number of nitrogens with one attached hydrogen (secondary N) is 1. The van der Waals surface area contributed by atoms with E-state index in [4.69, 9.17) is 5.11 Å². The molecular weight excluding hydrogens is 294 g/mol. The van der Waals surface area contributed by atoms with Gasteiger partial charge in [0.15, 0.2) is 0 Å². The summed E-state index contributed by atoms with van der Waals surface area (Å²) in [5, 5.41) is 12.0. The maximum atomic E-state index is 12.2. The van der Waals surface area contributed by atoms with E-state index in [-0.39, 0.29) is 24.5 Å². The van der Waals surface area contributed by atoms with Crippen LogP contribution in [-0.4, -0.2) is 52.0 Å². The zero-order valence-corrected chi connectivity index (χ0v) is 13.4. The highest BCUT2D eigenvalue weighted by Gasteiger charge is 2.37. The third kappa shape index (κ3) is 4.28. The van der Waals surface area contributed by atoms with Crippen LogP contribution < -0.4 is 5.32 Å². The minimum Gasteiger partial charge on any atom is -0.480 e. The number of pyridine rings is 1. The number of carboxylic acids is 1. The van der Waals surface area contributed by atoms with E-state index in [0.29, 0.717) is 11.6 Å². The number of amides is 1. The van der Waals surface area contributed by atoms with Crippen molar-refractivity contribution in [3.05, 3.63) is 29.6 Å². The molecule has 0 atom stereocenters. The van der Waals surface area contributed by atoms with Gasteiger partial charge in [-0.25, -0.2) is 4.98 Å². The fourth-order valence-electron chi connectivity index (χ4n) is 3.08. The van der Waals surface area contributed by atoms with Crippen LogP contribution in [0.5, 0.6) is 0 Å². The highest BCUT2D eigenvalue weighted by molar-refractivity contribution is 5.92. The zero-order valence-electron chi connectivity index (χ0n) is 13.4. The minimum atomic E-state index is -0.776. The van der Waals surface area contributed by atoms with Crippen molar-refractivity contribution in [2.24, 2.45) is 5.92 Å². The third-order valence-electron chi connectivity index (χ3n) is 4.61. The number of aromatic nitrogens is 1. The van der Waals surface area contributed by atoms with Crippen LogP contribution in [0.3, 0.4) is 0 Å². The van der Waals surface area contributed by atoms with E-state index in [1.54, 1.807) is 6.07 Å². The van der Waals surface area contributed by atoms with Crippen LogP contribution in [0.4, 0.5) is 0 Å². The molecule has 0 aromatic carbocycles. The maximum absolute atomic E-state index is 12.2. The van der Waals surface area contributed by atoms with Crippen molar-refractivity contribution in [3.8, 4) is 0 Å². The van der Waals surface area contributed by atoms with Crippen molar-refractivity contribution in [3.63, 3.8) is 0 Å². The Morgan fingerprint density at radius 1 is 1.35 bits per heavy atom. The molecular formula is C17H23N3O3. The molecule has 6 nitrogen and oxygen atoms in total. The molecule has 1 amide bonds. The molecule has 2 saturated carbocycles. The normalized spacial score (nSPS) is 23.4. The number of carbonyl (C=O) groups excluding carboxylic acids is 1. The van der Waals surface area contributed by atoms with Crippen molar-refractivity contribution in [2.75, 3.05) is 13.1 Å². The lowest BCUT2D eigenvalue weighted by molar-refractivity contribution is -0.139. The predicted octanol–water partition coefficient (Wildman–Crippen LogP) is 1.45. The molecule has 124 valence electrons. The molecule has 2 N–H and O–H groups in total. The quantitative estimate of drug-likeness (QED) is 0.795. The summed E-state index contributed by atoms with van der Waals surface area (Å²) in [5.74, 6) is -0.259. The highest BCUT2D eigenvalue weighted by Crippen LogP contribution is 2.33. The van der Waals surface area contributed by atoms with Crippen LogP contribution in [0, 0.1) is 12.8 Å². The SMILES string of the molecule is Cc1cccc(C(=O)NC2CC(N(CC(=O)O)CC3CC3)C2)n1. The molecule has 0 aliphatic heterocycles. The topological polar surface area (TPSA) is 82.5 Å². The Balaban J connectivity index is 1.49. The summed E-state index contributed by atoms with van der Waals surface area (Å²) in [5.41, 5.74) is 1.26. The molecule has 2 fully saturated rings. The molecule has 23 heavy (non-hydrogen) atoms. The Morgan fingerprint density at radius 3 is 2.70 bits per heavy atom. The van der Waals surface area contributed by atoms with Crippen molar-refractivity contribution in [1.29, 1.82) is 0 Å². The molecule has 1 heterocycles. The second-order valence-corrected chi connectivity index (χ2v) is 6.73. The molecule has 1 aromatic rings. The smallest absolute Gasteiger partial charge is 0.317 e. The van der Waals surface area contributed by atoms with Gasteiger partial charge in [-0.2, -0.15) is 0 Å². The first kappa shape index (κ1) is 15.9. The van der Waals surface area contributed by atoms with Gasteiger partial charge in [-0.05, 0) is 50.7 Å². The van der Waals surface area contributed by atoms with Gasteiger partial charge in [-0.1, -0.05) is 6.07 Å². The van der Waals surface area contributed by atoms with Crippen LogP contribution >= 0.6 is 0 Å². The first-order valence-corrected chi connectivity index (χ1v) is 8.21. The number of aliphatic carboxylic acids is 1. The average Bonchev–Trinajstić information content (AvgIpc) is 3.25. The van der Waals surface area contributed by atoms with Crippen LogP contribution in [0.2, 0.25) is 0 Å². The van der Waals surface area contributed by atoms with Crippen molar-refractivity contribution in [2.45, 2.75) is 44.7 Å². The van der Waals surface area contributed by atoms with E-state index in [0.717, 1.165) is 25.1 Å². The molecule has 0 saturated heterocycles. The monoisotopic (exact) mass is 317 g/mol. The van der Waals surface area contributed by atoms with Gasteiger partial charge in [-0.15, -0.1) is 0 Å². The van der Waals surface area contributed by atoms with Crippen molar-refractivity contribution in [1.82, 2.24) is 15.2 Å². The summed E-state index contributed by atoms with van der Waals surface area (Å²) in [6.07, 6.45) is 4.05. The number of hydrogen-bond donors (Lipinski definition) is 2. The Kier molecular flexibility index (Phi) is 4.61. The summed E-state index contributed by atoms with van der Waals surface area (Å²) < 4.78 is 0. The van der Waals surface area contributed by atoms with Gasteiger partial charge in [0.1, 0.15) is 5.69 Å². The van der Waals surface area contributed by atoms with Crippen LogP contribution in [0.25, 0.3) is 0 Å². The Hall–Kier alpha value is -1.95. The zero-order chi connectivity index (χ0) is 16.4. The molecule has 0 bridgehead atoms. The van der Waals surface area contributed by atoms with E-state index in [2.05, 4.69) is 15.2 Å². The first-order valence-electron chi connectivity index (χ1n) is 8.21. The second kappa shape index (κ2) is 6.66. The Morgan fingerprint density at radius 2 is 2.09 bits per heavy atom. The predicted molar refractivity (Wildman–Crippen MR) is 85.2 cm³/mol. The molecule has 0 spiro atoms. The molecule has 2 aliphatic carbocycles. The Bertz CT molecular complexity index is 595. The number of carboxylic acid groups (broad SMARTS) is 1. The number of aryl methyl sites for hydroxylation is 1. The Labute approximate surface area is 135 Å². The largest absolute Gasteiger partial charge is 0.480 e. The number of nitrogens with zero attached hydrogens (tertiary/aromatic N) is 2. The number of carbonyl (C=O) groups is 2. The van der Waals surface area contributed by atoms with E-state index < -0.39 is 5.97 Å². The number of hydrogen-bond acceptors (Lipinski definition) is 4. The highest BCUT2D eigenvalue weighted by atomic mass is 16.4. The molecule has 0 unspecified atom stereocenters. The van der Waals surface area contributed by atoms with Gasteiger partial charge in [-0.3, -0.25) is 14.5 Å². The van der Waals surface area contributed by atoms with E-state index in [9.17, 15) is 9.59 Å². The van der Waals surface area contributed by atoms with Crippen molar-refractivity contribution >= 4 is 11.9 Å². The van der Waals surface area contributed by atoms with Crippen LogP contribution in [0.15, 0.2) is 18.2 Å². The third-order valence-corrected chi connectivity index (χ3v) is 4.61. The molecule has 3 rings (SSSR count). The van der Waals surface area contributed by atoms with Gasteiger partial charge in [0.25, 0.3) is 5.91 Å². The van der Waals surface area contributed by atoms with Gasteiger partial charge in [0, 0.05) is 24.3 Å². The lowest BCUT2D eigenvalue weighted by Crippen LogP contribution is -2.55. The molecule has 2 aliphatic rings. The minimum absolute atomic E-state index is 0.0985. The van der Waals surface area contributed by atoms with Gasteiger partial charge in [0.2, 0.25) is 0 Å². The summed E-state index contributed by atoms with van der Waals surface area (Å²) in [4.78, 5) is 29.5. The van der Waals surface area contributed by atoms with E-state index >= 15 is 0 Å².